The molecular formula is C19H19NO6. The number of benzene rings is 1. The van der Waals surface area contributed by atoms with Gasteiger partial charge < -0.3 is 19.0 Å². The second kappa shape index (κ2) is 6.95. The topological polar surface area (TPSA) is 89.2 Å². The highest BCUT2D eigenvalue weighted by Gasteiger charge is 2.45. The van der Waals surface area contributed by atoms with Crippen LogP contribution in [-0.2, 0) is 9.59 Å². The monoisotopic (exact) mass is 357 g/mol. The Bertz CT molecular complexity index is 846. The van der Waals surface area contributed by atoms with Crippen molar-refractivity contribution < 1.29 is 28.6 Å². The third-order valence-electron chi connectivity index (χ3n) is 4.26. The number of amides is 1. The molecule has 2 aromatic rings. The molecule has 0 saturated heterocycles. The lowest BCUT2D eigenvalue weighted by Gasteiger charge is -2.25. The number of rotatable bonds is 6. The van der Waals surface area contributed by atoms with Crippen LogP contribution in [0.3, 0.4) is 0 Å². The van der Waals surface area contributed by atoms with Gasteiger partial charge in [-0.2, -0.15) is 0 Å². The quantitative estimate of drug-likeness (QED) is 0.854. The average Bonchev–Trinajstić information content (AvgIpc) is 3.28. The Morgan fingerprint density at radius 1 is 1.23 bits per heavy atom. The van der Waals surface area contributed by atoms with E-state index in [9.17, 15) is 14.7 Å². The Kier molecular flexibility index (Phi) is 4.71. The molecule has 1 amide bonds. The summed E-state index contributed by atoms with van der Waals surface area (Å²) in [5.41, 5.74) is 0.437. The van der Waals surface area contributed by atoms with Crippen LogP contribution in [0, 0.1) is 0 Å². The van der Waals surface area contributed by atoms with Gasteiger partial charge in [0.25, 0.3) is 5.91 Å². The number of aliphatic hydroxyl groups is 1. The molecule has 1 aromatic carbocycles. The van der Waals surface area contributed by atoms with E-state index >= 15 is 0 Å². The Labute approximate surface area is 150 Å². The largest absolute Gasteiger partial charge is 0.503 e. The molecule has 0 aliphatic carbocycles. The summed E-state index contributed by atoms with van der Waals surface area (Å²) in [7, 11) is 2.99. The van der Waals surface area contributed by atoms with E-state index in [1.807, 2.05) is 0 Å². The summed E-state index contributed by atoms with van der Waals surface area (Å²) in [4.78, 5) is 26.5. The number of anilines is 1. The van der Waals surface area contributed by atoms with Crippen molar-refractivity contribution in [2.75, 3.05) is 19.1 Å². The van der Waals surface area contributed by atoms with Crippen molar-refractivity contribution in [1.82, 2.24) is 0 Å². The van der Waals surface area contributed by atoms with Gasteiger partial charge in [-0.1, -0.05) is 6.92 Å². The molecule has 0 radical (unpaired) electrons. The van der Waals surface area contributed by atoms with E-state index in [0.717, 1.165) is 0 Å². The van der Waals surface area contributed by atoms with Crippen LogP contribution in [0.5, 0.6) is 11.5 Å². The number of Topliss-reactive ketones (excluding diaryl/α,β-unsaturated/α-hetero) is 1. The van der Waals surface area contributed by atoms with Crippen molar-refractivity contribution in [2.24, 2.45) is 0 Å². The lowest BCUT2D eigenvalue weighted by molar-refractivity contribution is -0.118. The minimum Gasteiger partial charge on any atom is -0.503 e. The first-order chi connectivity index (χ1) is 12.5. The molecule has 26 heavy (non-hydrogen) atoms. The van der Waals surface area contributed by atoms with E-state index in [1.54, 1.807) is 37.3 Å². The smallest absolute Gasteiger partial charge is 0.294 e. The van der Waals surface area contributed by atoms with E-state index in [0.29, 0.717) is 22.9 Å². The molecule has 0 saturated carbocycles. The molecule has 1 aromatic heterocycles. The summed E-state index contributed by atoms with van der Waals surface area (Å²) in [6.45, 7) is 1.67. The maximum Gasteiger partial charge on any atom is 0.294 e. The number of aliphatic hydroxyl groups excluding tert-OH is 1. The second-order valence-corrected chi connectivity index (χ2v) is 5.70. The third-order valence-corrected chi connectivity index (χ3v) is 4.26. The average molecular weight is 357 g/mol. The van der Waals surface area contributed by atoms with Crippen molar-refractivity contribution in [3.05, 3.63) is 53.7 Å². The number of hydrogen-bond acceptors (Lipinski definition) is 6. The molecule has 7 heteroatoms. The van der Waals surface area contributed by atoms with Crippen LogP contribution in [0.25, 0.3) is 0 Å². The van der Waals surface area contributed by atoms with Gasteiger partial charge in [0.05, 0.1) is 31.7 Å². The number of carbonyl (C=O) groups is 2. The molecule has 0 spiro atoms. The molecule has 1 unspecified atom stereocenters. The maximum absolute atomic E-state index is 12.8. The molecule has 0 fully saturated rings. The van der Waals surface area contributed by atoms with Gasteiger partial charge in [0, 0.05) is 24.6 Å². The van der Waals surface area contributed by atoms with E-state index in [4.69, 9.17) is 13.9 Å². The first-order valence-corrected chi connectivity index (χ1v) is 8.08. The van der Waals surface area contributed by atoms with Crippen molar-refractivity contribution >= 4 is 17.4 Å². The number of ether oxygens (including phenoxy) is 2. The fraction of sp³-hybridized carbons (Fsp3) is 0.263. The fourth-order valence-corrected chi connectivity index (χ4v) is 2.99. The van der Waals surface area contributed by atoms with Gasteiger partial charge in [-0.25, -0.2) is 0 Å². The number of methoxy groups -OCH3 is 2. The Hall–Kier alpha value is -3.22. The Morgan fingerprint density at radius 2 is 1.88 bits per heavy atom. The molecule has 1 aliphatic rings. The summed E-state index contributed by atoms with van der Waals surface area (Å²) in [5.74, 6) is -0.255. The minimum absolute atomic E-state index is 0.0224. The third kappa shape index (κ3) is 2.81. The molecule has 1 N–H and O–H groups in total. The van der Waals surface area contributed by atoms with Crippen molar-refractivity contribution in [2.45, 2.75) is 19.4 Å². The number of carbonyl (C=O) groups excluding carboxylic acids is 2. The lowest BCUT2D eigenvalue weighted by atomic mass is 9.99. The van der Waals surface area contributed by atoms with Crippen LogP contribution in [0.4, 0.5) is 5.69 Å². The first kappa shape index (κ1) is 17.6. The van der Waals surface area contributed by atoms with Crippen LogP contribution in [-0.4, -0.2) is 31.0 Å². The summed E-state index contributed by atoms with van der Waals surface area (Å²) in [6, 6.07) is 7.38. The van der Waals surface area contributed by atoms with Gasteiger partial charge in [-0.15, -0.1) is 0 Å². The van der Waals surface area contributed by atoms with Gasteiger partial charge >= 0.3 is 0 Å². The molecule has 0 bridgehead atoms. The highest BCUT2D eigenvalue weighted by atomic mass is 16.5. The fourth-order valence-electron chi connectivity index (χ4n) is 2.99. The SMILES string of the molecule is CCC(=O)C1=C(O)C(=O)N(c2cc(OC)cc(OC)c2)C1c1ccco1. The molecule has 136 valence electrons. The zero-order chi connectivity index (χ0) is 18.8. The zero-order valence-electron chi connectivity index (χ0n) is 14.7. The number of ketones is 1. The van der Waals surface area contributed by atoms with Gasteiger partial charge in [-0.3, -0.25) is 14.5 Å². The van der Waals surface area contributed by atoms with Crippen molar-refractivity contribution in [1.29, 1.82) is 0 Å². The summed E-state index contributed by atoms with van der Waals surface area (Å²) in [6.07, 6.45) is 1.60. The lowest BCUT2D eigenvalue weighted by Crippen LogP contribution is -2.30. The second-order valence-electron chi connectivity index (χ2n) is 5.70. The predicted octanol–water partition coefficient (Wildman–Crippen LogP) is 3.18. The number of furan rings is 1. The standard InChI is InChI=1S/C19H19NO6/c1-4-14(21)16-17(15-6-5-7-26-15)20(19(23)18(16)22)11-8-12(24-2)10-13(9-11)25-3/h5-10,17,22H,4H2,1-3H3. The molecule has 1 aliphatic heterocycles. The van der Waals surface area contributed by atoms with Gasteiger partial charge in [0.1, 0.15) is 23.3 Å². The normalized spacial score (nSPS) is 17.0. The van der Waals surface area contributed by atoms with Crippen LogP contribution < -0.4 is 14.4 Å². The molecule has 3 rings (SSSR count). The Balaban J connectivity index is 2.18. The van der Waals surface area contributed by atoms with Crippen molar-refractivity contribution in [3.8, 4) is 11.5 Å². The molecular weight excluding hydrogens is 338 g/mol. The maximum atomic E-state index is 12.8. The summed E-state index contributed by atoms with van der Waals surface area (Å²) < 4.78 is 16.0. The van der Waals surface area contributed by atoms with Crippen LogP contribution in [0.1, 0.15) is 25.1 Å². The highest BCUT2D eigenvalue weighted by molar-refractivity contribution is 6.16. The zero-order valence-corrected chi connectivity index (χ0v) is 14.7. The number of nitrogens with zero attached hydrogens (tertiary/aromatic N) is 1. The van der Waals surface area contributed by atoms with E-state index < -0.39 is 17.7 Å². The first-order valence-electron chi connectivity index (χ1n) is 8.08. The van der Waals surface area contributed by atoms with Gasteiger partial charge in [-0.05, 0) is 12.1 Å². The summed E-state index contributed by atoms with van der Waals surface area (Å²) >= 11 is 0. The van der Waals surface area contributed by atoms with Crippen LogP contribution in [0.2, 0.25) is 0 Å². The van der Waals surface area contributed by atoms with Crippen molar-refractivity contribution in [3.63, 3.8) is 0 Å². The van der Waals surface area contributed by atoms with E-state index in [-0.39, 0.29) is 17.8 Å². The molecule has 7 nitrogen and oxygen atoms in total. The predicted molar refractivity (Wildman–Crippen MR) is 93.4 cm³/mol. The van der Waals surface area contributed by atoms with Gasteiger partial charge in [0.2, 0.25) is 0 Å². The van der Waals surface area contributed by atoms with E-state index in [2.05, 4.69) is 0 Å². The van der Waals surface area contributed by atoms with Crippen LogP contribution >= 0.6 is 0 Å². The minimum atomic E-state index is -0.859. The molecule has 2 heterocycles. The highest BCUT2D eigenvalue weighted by Crippen LogP contribution is 2.43. The summed E-state index contributed by atoms with van der Waals surface area (Å²) in [5, 5.41) is 10.4. The van der Waals surface area contributed by atoms with E-state index in [1.165, 1.54) is 25.4 Å². The number of hydrogen-bond donors (Lipinski definition) is 1. The molecule has 1 atom stereocenters. The Morgan fingerprint density at radius 3 is 2.38 bits per heavy atom. The van der Waals surface area contributed by atoms with Crippen LogP contribution in [0.15, 0.2) is 52.3 Å². The van der Waals surface area contributed by atoms with Gasteiger partial charge in [0.15, 0.2) is 11.5 Å².